The highest BCUT2D eigenvalue weighted by Gasteiger charge is 2.33. The normalized spacial score (nSPS) is 14.4. The second-order valence-corrected chi connectivity index (χ2v) is 8.30. The number of methoxy groups -OCH3 is 3. The van der Waals surface area contributed by atoms with E-state index in [1.165, 1.54) is 33.5 Å². The van der Waals surface area contributed by atoms with Crippen LogP contribution in [0.4, 0.5) is 5.69 Å². The summed E-state index contributed by atoms with van der Waals surface area (Å²) in [4.78, 5) is 38.2. The third-order valence-electron chi connectivity index (χ3n) is 4.59. The van der Waals surface area contributed by atoms with Crippen molar-refractivity contribution in [2.75, 3.05) is 33.2 Å². The number of nitrogens with one attached hydrogen (secondary N) is 1. The number of nitrogens with zero attached hydrogens (tertiary/aromatic N) is 1. The van der Waals surface area contributed by atoms with E-state index in [0.29, 0.717) is 27.7 Å². The van der Waals surface area contributed by atoms with Crippen molar-refractivity contribution in [2.45, 2.75) is 0 Å². The number of hydrogen-bond donors (Lipinski definition) is 2. The molecule has 0 spiro atoms. The summed E-state index contributed by atoms with van der Waals surface area (Å²) in [6.07, 6.45) is 1.61. The zero-order valence-electron chi connectivity index (χ0n) is 17.9. The van der Waals surface area contributed by atoms with Gasteiger partial charge < -0.3 is 24.6 Å². The average Bonchev–Trinajstić information content (AvgIpc) is 3.05. The summed E-state index contributed by atoms with van der Waals surface area (Å²) < 4.78 is 16.2. The van der Waals surface area contributed by atoms with Gasteiger partial charge in [0.25, 0.3) is 5.91 Å². The van der Waals surface area contributed by atoms with Gasteiger partial charge in [0.15, 0.2) is 11.5 Å². The van der Waals surface area contributed by atoms with Gasteiger partial charge in [-0.2, -0.15) is 0 Å². The molecule has 172 valence electrons. The summed E-state index contributed by atoms with van der Waals surface area (Å²) >= 11 is 6.33. The molecular formula is C22H20N2O7S2. The molecule has 1 saturated heterocycles. The molecule has 0 unspecified atom stereocenters. The average molecular weight is 489 g/mol. The molecule has 0 atom stereocenters. The number of ether oxygens (including phenoxy) is 3. The number of rotatable bonds is 8. The Kier molecular flexibility index (Phi) is 7.56. The van der Waals surface area contributed by atoms with Crippen molar-refractivity contribution in [3.8, 4) is 17.2 Å². The van der Waals surface area contributed by atoms with E-state index in [-0.39, 0.29) is 22.1 Å². The maximum atomic E-state index is 12.9. The van der Waals surface area contributed by atoms with Crippen molar-refractivity contribution < 1.29 is 33.7 Å². The van der Waals surface area contributed by atoms with Crippen molar-refractivity contribution in [1.82, 2.24) is 4.90 Å². The van der Waals surface area contributed by atoms with Crippen LogP contribution in [0.1, 0.15) is 15.9 Å². The summed E-state index contributed by atoms with van der Waals surface area (Å²) in [5, 5.41) is 11.8. The molecule has 2 aromatic rings. The van der Waals surface area contributed by atoms with E-state index in [9.17, 15) is 19.5 Å². The zero-order chi connectivity index (χ0) is 24.1. The fourth-order valence-electron chi connectivity index (χ4n) is 3.08. The second-order valence-electron chi connectivity index (χ2n) is 6.63. The first-order chi connectivity index (χ1) is 15.8. The van der Waals surface area contributed by atoms with Crippen molar-refractivity contribution in [2.24, 2.45) is 0 Å². The van der Waals surface area contributed by atoms with Crippen LogP contribution in [0.3, 0.4) is 0 Å². The molecule has 0 radical (unpaired) electrons. The van der Waals surface area contributed by atoms with Gasteiger partial charge in [0.05, 0.1) is 37.5 Å². The van der Waals surface area contributed by atoms with Crippen LogP contribution in [0.2, 0.25) is 0 Å². The fraction of sp³-hybridized carbons (Fsp3) is 0.182. The standard InChI is InChI=1S/C22H20N2O7S2/c1-29-15-8-12(9-16(30-2)19(15)31-3)10-17-20(26)24(22(32)33-17)11-18(25)23-14-7-5-4-6-13(14)21(27)28/h4-10H,11H2,1-3H3,(H,23,25)(H,27,28)/b17-10+. The molecular weight excluding hydrogens is 468 g/mol. The number of thiocarbonyl (C=S) groups is 1. The van der Waals surface area contributed by atoms with Crippen molar-refractivity contribution in [3.05, 3.63) is 52.4 Å². The Morgan fingerprint density at radius 2 is 1.76 bits per heavy atom. The van der Waals surface area contributed by atoms with Crippen LogP contribution in [0.15, 0.2) is 41.3 Å². The quantitative estimate of drug-likeness (QED) is 0.427. The number of carbonyl (C=O) groups is 3. The maximum absolute atomic E-state index is 12.9. The first-order valence-electron chi connectivity index (χ1n) is 9.46. The Balaban J connectivity index is 1.79. The van der Waals surface area contributed by atoms with Crippen LogP contribution in [0.25, 0.3) is 6.08 Å². The Hall–Kier alpha value is -3.57. The lowest BCUT2D eigenvalue weighted by molar-refractivity contribution is -0.126. The fourth-order valence-corrected chi connectivity index (χ4v) is 4.34. The van der Waals surface area contributed by atoms with E-state index in [1.54, 1.807) is 30.3 Å². The molecule has 0 aromatic heterocycles. The predicted octanol–water partition coefficient (Wildman–Crippen LogP) is 3.25. The number of carbonyl (C=O) groups excluding carboxylic acids is 2. The minimum atomic E-state index is -1.18. The Bertz CT molecular complexity index is 1140. The molecule has 11 heteroatoms. The molecule has 0 bridgehead atoms. The summed E-state index contributed by atoms with van der Waals surface area (Å²) in [6.45, 7) is -0.356. The topological polar surface area (TPSA) is 114 Å². The van der Waals surface area contributed by atoms with Crippen LogP contribution < -0.4 is 19.5 Å². The number of thioether (sulfide) groups is 1. The first-order valence-corrected chi connectivity index (χ1v) is 10.7. The molecule has 1 aliphatic rings. The Morgan fingerprint density at radius 3 is 2.33 bits per heavy atom. The van der Waals surface area contributed by atoms with Crippen molar-refractivity contribution >= 4 is 57.8 Å². The third-order valence-corrected chi connectivity index (χ3v) is 5.97. The van der Waals surface area contributed by atoms with E-state index in [0.717, 1.165) is 16.7 Å². The first kappa shape index (κ1) is 24.1. The van der Waals surface area contributed by atoms with E-state index in [4.69, 9.17) is 26.4 Å². The lowest BCUT2D eigenvalue weighted by Gasteiger charge is -2.15. The predicted molar refractivity (Wildman–Crippen MR) is 128 cm³/mol. The molecule has 1 fully saturated rings. The number of benzene rings is 2. The second kappa shape index (κ2) is 10.4. The van der Waals surface area contributed by atoms with Gasteiger partial charge in [-0.25, -0.2) is 4.79 Å². The Labute approximate surface area is 199 Å². The number of hydrogen-bond acceptors (Lipinski definition) is 8. The maximum Gasteiger partial charge on any atom is 0.337 e. The van der Waals surface area contributed by atoms with Crippen LogP contribution in [-0.4, -0.2) is 60.0 Å². The smallest absolute Gasteiger partial charge is 0.337 e. The number of amides is 2. The molecule has 2 N–H and O–H groups in total. The largest absolute Gasteiger partial charge is 0.493 e. The van der Waals surface area contributed by atoms with Gasteiger partial charge in [0.2, 0.25) is 11.7 Å². The molecule has 2 aromatic carbocycles. The molecule has 0 aliphatic carbocycles. The van der Waals surface area contributed by atoms with Gasteiger partial charge >= 0.3 is 5.97 Å². The number of para-hydroxylation sites is 1. The molecule has 9 nitrogen and oxygen atoms in total. The van der Waals surface area contributed by atoms with Gasteiger partial charge in [-0.05, 0) is 35.9 Å². The summed E-state index contributed by atoms with van der Waals surface area (Å²) in [6, 6.07) is 9.36. The number of carboxylic acid groups (broad SMARTS) is 1. The molecule has 1 aliphatic heterocycles. The zero-order valence-corrected chi connectivity index (χ0v) is 19.5. The van der Waals surface area contributed by atoms with Gasteiger partial charge in [-0.15, -0.1) is 0 Å². The van der Waals surface area contributed by atoms with E-state index >= 15 is 0 Å². The Morgan fingerprint density at radius 1 is 1.12 bits per heavy atom. The number of carboxylic acids is 1. The van der Waals surface area contributed by atoms with E-state index in [2.05, 4.69) is 5.32 Å². The monoisotopic (exact) mass is 488 g/mol. The minimum absolute atomic E-state index is 0.0569. The lowest BCUT2D eigenvalue weighted by atomic mass is 10.1. The number of anilines is 1. The highest BCUT2D eigenvalue weighted by Crippen LogP contribution is 2.40. The molecule has 1 heterocycles. The van der Waals surface area contributed by atoms with Gasteiger partial charge in [-0.1, -0.05) is 36.1 Å². The van der Waals surface area contributed by atoms with Crippen LogP contribution in [0, 0.1) is 0 Å². The van der Waals surface area contributed by atoms with Crippen LogP contribution in [-0.2, 0) is 9.59 Å². The highest BCUT2D eigenvalue weighted by molar-refractivity contribution is 8.26. The molecule has 0 saturated carbocycles. The van der Waals surface area contributed by atoms with Crippen molar-refractivity contribution in [1.29, 1.82) is 0 Å². The highest BCUT2D eigenvalue weighted by atomic mass is 32.2. The van der Waals surface area contributed by atoms with Crippen LogP contribution >= 0.6 is 24.0 Å². The van der Waals surface area contributed by atoms with E-state index in [1.807, 2.05) is 0 Å². The summed E-state index contributed by atoms with van der Waals surface area (Å²) in [5.41, 5.74) is 0.691. The van der Waals surface area contributed by atoms with Gasteiger partial charge in [0.1, 0.15) is 10.9 Å². The van der Waals surface area contributed by atoms with Crippen molar-refractivity contribution in [3.63, 3.8) is 0 Å². The summed E-state index contributed by atoms with van der Waals surface area (Å²) in [5.74, 6) is -0.924. The van der Waals surface area contributed by atoms with Crippen LogP contribution in [0.5, 0.6) is 17.2 Å². The van der Waals surface area contributed by atoms with Gasteiger partial charge in [-0.3, -0.25) is 14.5 Å². The molecule has 33 heavy (non-hydrogen) atoms. The number of aromatic carboxylic acids is 1. The lowest BCUT2D eigenvalue weighted by Crippen LogP contribution is -2.36. The van der Waals surface area contributed by atoms with Gasteiger partial charge in [0, 0.05) is 0 Å². The summed E-state index contributed by atoms with van der Waals surface area (Å²) in [7, 11) is 4.47. The SMILES string of the molecule is COc1cc(/C=C2/SC(=S)N(CC(=O)Nc3ccccc3C(=O)O)C2=O)cc(OC)c1OC. The third kappa shape index (κ3) is 5.26. The van der Waals surface area contributed by atoms with E-state index < -0.39 is 17.8 Å². The molecule has 2 amide bonds. The minimum Gasteiger partial charge on any atom is -0.493 e. The molecule has 3 rings (SSSR count).